The Morgan fingerprint density at radius 3 is 2.58 bits per heavy atom. The van der Waals surface area contributed by atoms with Crippen molar-refractivity contribution in [2.45, 2.75) is 6.42 Å². The molecule has 96 valence electrons. The summed E-state index contributed by atoms with van der Waals surface area (Å²) in [7, 11) is 1.99. The van der Waals surface area contributed by atoms with E-state index in [1.165, 1.54) is 5.56 Å². The highest BCUT2D eigenvalue weighted by atomic mass is 35.5. The van der Waals surface area contributed by atoms with Crippen molar-refractivity contribution in [3.8, 4) is 6.07 Å². The number of nitriles is 1. The van der Waals surface area contributed by atoms with Gasteiger partial charge in [0.1, 0.15) is 6.07 Å². The first-order valence-corrected chi connectivity index (χ1v) is 6.53. The van der Waals surface area contributed by atoms with E-state index in [1.54, 1.807) is 6.07 Å². The van der Waals surface area contributed by atoms with Crippen LogP contribution in [0.25, 0.3) is 0 Å². The Balaban J connectivity index is 2.08. The summed E-state index contributed by atoms with van der Waals surface area (Å²) < 4.78 is 0. The summed E-state index contributed by atoms with van der Waals surface area (Å²) in [6, 6.07) is 17.9. The van der Waals surface area contributed by atoms with E-state index < -0.39 is 0 Å². The van der Waals surface area contributed by atoms with Gasteiger partial charge in [-0.05, 0) is 30.2 Å². The van der Waals surface area contributed by atoms with E-state index >= 15 is 0 Å². The Bertz CT molecular complexity index is 587. The third-order valence-electron chi connectivity index (χ3n) is 3.07. The van der Waals surface area contributed by atoms with E-state index in [2.05, 4.69) is 23.1 Å². The molecular weight excluding hydrogens is 256 g/mol. The van der Waals surface area contributed by atoms with Gasteiger partial charge in [0.15, 0.2) is 0 Å². The van der Waals surface area contributed by atoms with E-state index in [0.29, 0.717) is 10.6 Å². The van der Waals surface area contributed by atoms with Crippen LogP contribution in [0.3, 0.4) is 0 Å². The van der Waals surface area contributed by atoms with Crippen molar-refractivity contribution in [1.29, 1.82) is 5.26 Å². The van der Waals surface area contributed by atoms with E-state index in [4.69, 9.17) is 16.9 Å². The summed E-state index contributed by atoms with van der Waals surface area (Å²) in [5, 5.41) is 9.74. The fourth-order valence-corrected chi connectivity index (χ4v) is 2.16. The lowest BCUT2D eigenvalue weighted by Gasteiger charge is -2.20. The third kappa shape index (κ3) is 3.49. The Hall–Kier alpha value is -1.98. The molecule has 0 atom stereocenters. The first kappa shape index (κ1) is 13.5. The third-order valence-corrected chi connectivity index (χ3v) is 3.30. The zero-order valence-corrected chi connectivity index (χ0v) is 11.6. The minimum Gasteiger partial charge on any atom is -0.373 e. The van der Waals surface area contributed by atoms with Crippen LogP contribution in [-0.2, 0) is 6.42 Å². The van der Waals surface area contributed by atoms with Gasteiger partial charge in [0, 0.05) is 18.6 Å². The van der Waals surface area contributed by atoms with Gasteiger partial charge in [0.2, 0.25) is 0 Å². The highest BCUT2D eigenvalue weighted by molar-refractivity contribution is 6.30. The predicted octanol–water partition coefficient (Wildman–Crippen LogP) is 3.89. The van der Waals surface area contributed by atoms with Crippen LogP contribution >= 0.6 is 11.6 Å². The molecule has 0 aliphatic rings. The molecular formula is C16H15ClN2. The quantitative estimate of drug-likeness (QED) is 0.843. The molecule has 0 heterocycles. The van der Waals surface area contributed by atoms with E-state index in [0.717, 1.165) is 18.7 Å². The van der Waals surface area contributed by atoms with Gasteiger partial charge in [-0.15, -0.1) is 0 Å². The molecule has 0 N–H and O–H groups in total. The lowest BCUT2D eigenvalue weighted by Crippen LogP contribution is -2.21. The van der Waals surface area contributed by atoms with Crippen molar-refractivity contribution in [3.05, 3.63) is 64.7 Å². The maximum atomic E-state index is 9.14. The number of hydrogen-bond donors (Lipinski definition) is 0. The van der Waals surface area contributed by atoms with Crippen LogP contribution in [-0.4, -0.2) is 13.6 Å². The van der Waals surface area contributed by atoms with Crippen molar-refractivity contribution < 1.29 is 0 Å². The minimum absolute atomic E-state index is 0.594. The number of likely N-dealkylation sites (N-methyl/N-ethyl adjacent to an activating group) is 1. The Morgan fingerprint density at radius 1 is 1.16 bits per heavy atom. The van der Waals surface area contributed by atoms with Crippen molar-refractivity contribution in [2.24, 2.45) is 0 Å². The summed E-state index contributed by atoms with van der Waals surface area (Å²) in [4.78, 5) is 2.09. The van der Waals surface area contributed by atoms with E-state index in [-0.39, 0.29) is 0 Å². The van der Waals surface area contributed by atoms with Gasteiger partial charge in [-0.25, -0.2) is 0 Å². The standard InChI is InChI=1S/C16H15ClN2/c1-19(10-9-13-5-3-2-4-6-13)16-8-7-15(17)11-14(16)12-18/h2-8,11H,9-10H2,1H3. The van der Waals surface area contributed by atoms with Gasteiger partial charge in [-0.2, -0.15) is 5.26 Å². The molecule has 0 saturated carbocycles. The van der Waals surface area contributed by atoms with Crippen molar-refractivity contribution in [3.63, 3.8) is 0 Å². The number of halogens is 1. The van der Waals surface area contributed by atoms with Crippen LogP contribution < -0.4 is 4.90 Å². The van der Waals surface area contributed by atoms with E-state index in [9.17, 15) is 0 Å². The molecule has 3 heteroatoms. The average molecular weight is 271 g/mol. The molecule has 0 aliphatic carbocycles. The Kier molecular flexibility index (Phi) is 4.43. The van der Waals surface area contributed by atoms with Crippen LogP contribution in [0.5, 0.6) is 0 Å². The molecule has 2 aromatic rings. The number of nitrogens with zero attached hydrogens (tertiary/aromatic N) is 2. The van der Waals surface area contributed by atoms with Crippen molar-refractivity contribution in [2.75, 3.05) is 18.5 Å². The summed E-state index contributed by atoms with van der Waals surface area (Å²) in [5.41, 5.74) is 2.83. The lowest BCUT2D eigenvalue weighted by molar-refractivity contribution is 0.875. The number of benzene rings is 2. The summed E-state index contributed by atoms with van der Waals surface area (Å²) in [6.45, 7) is 0.861. The largest absolute Gasteiger partial charge is 0.373 e. The molecule has 0 spiro atoms. The minimum atomic E-state index is 0.594. The normalized spacial score (nSPS) is 9.95. The molecule has 19 heavy (non-hydrogen) atoms. The second-order valence-electron chi connectivity index (χ2n) is 4.43. The first-order valence-electron chi connectivity index (χ1n) is 6.15. The molecule has 0 unspecified atom stereocenters. The SMILES string of the molecule is CN(CCc1ccccc1)c1ccc(Cl)cc1C#N. The van der Waals surface area contributed by atoms with E-state index in [1.807, 2.05) is 37.4 Å². The van der Waals surface area contributed by atoms with Gasteiger partial charge < -0.3 is 4.90 Å². The van der Waals surface area contributed by atoms with Gasteiger partial charge >= 0.3 is 0 Å². The molecule has 0 fully saturated rings. The van der Waals surface area contributed by atoms with Crippen molar-refractivity contribution in [1.82, 2.24) is 0 Å². The summed E-state index contributed by atoms with van der Waals surface area (Å²) in [6.07, 6.45) is 0.949. The molecule has 2 nitrogen and oxygen atoms in total. The fourth-order valence-electron chi connectivity index (χ4n) is 1.99. The number of anilines is 1. The Morgan fingerprint density at radius 2 is 1.89 bits per heavy atom. The first-order chi connectivity index (χ1) is 9.20. The van der Waals surface area contributed by atoms with Gasteiger partial charge in [-0.1, -0.05) is 41.9 Å². The molecule has 0 saturated heterocycles. The maximum Gasteiger partial charge on any atom is 0.101 e. The highest BCUT2D eigenvalue weighted by Crippen LogP contribution is 2.23. The second kappa shape index (κ2) is 6.26. The molecule has 0 aromatic heterocycles. The Labute approximate surface area is 118 Å². The molecule has 0 radical (unpaired) electrons. The van der Waals surface area contributed by atoms with Crippen LogP contribution in [0.1, 0.15) is 11.1 Å². The molecule has 0 bridgehead atoms. The molecule has 0 amide bonds. The number of rotatable bonds is 4. The van der Waals surface area contributed by atoms with Crippen LogP contribution in [0.4, 0.5) is 5.69 Å². The van der Waals surface area contributed by atoms with Gasteiger partial charge in [0.05, 0.1) is 11.3 Å². The lowest BCUT2D eigenvalue weighted by atomic mass is 10.1. The topological polar surface area (TPSA) is 27.0 Å². The predicted molar refractivity (Wildman–Crippen MR) is 79.6 cm³/mol. The zero-order chi connectivity index (χ0) is 13.7. The summed E-state index contributed by atoms with van der Waals surface area (Å²) in [5.74, 6) is 0. The zero-order valence-electron chi connectivity index (χ0n) is 10.8. The van der Waals surface area contributed by atoms with Gasteiger partial charge in [-0.3, -0.25) is 0 Å². The average Bonchev–Trinajstić information content (AvgIpc) is 2.45. The fraction of sp³-hybridized carbons (Fsp3) is 0.188. The molecule has 2 aromatic carbocycles. The maximum absolute atomic E-state index is 9.14. The number of hydrogen-bond acceptors (Lipinski definition) is 2. The van der Waals surface area contributed by atoms with Crippen LogP contribution in [0, 0.1) is 11.3 Å². The monoisotopic (exact) mass is 270 g/mol. The van der Waals surface area contributed by atoms with Crippen LogP contribution in [0.2, 0.25) is 5.02 Å². The smallest absolute Gasteiger partial charge is 0.101 e. The van der Waals surface area contributed by atoms with Crippen LogP contribution in [0.15, 0.2) is 48.5 Å². The molecule has 2 rings (SSSR count). The summed E-state index contributed by atoms with van der Waals surface area (Å²) >= 11 is 5.90. The highest BCUT2D eigenvalue weighted by Gasteiger charge is 2.07. The van der Waals surface area contributed by atoms with Crippen molar-refractivity contribution >= 4 is 17.3 Å². The second-order valence-corrected chi connectivity index (χ2v) is 4.87. The van der Waals surface area contributed by atoms with Gasteiger partial charge in [0.25, 0.3) is 0 Å². The molecule has 0 aliphatic heterocycles.